The topological polar surface area (TPSA) is 91.4 Å². The Kier molecular flexibility index (Phi) is 4.40. The maximum atomic E-state index is 12.7. The summed E-state index contributed by atoms with van der Waals surface area (Å²) in [4.78, 5) is 18.8. The monoisotopic (exact) mass is 416 g/mol. The van der Waals surface area contributed by atoms with Crippen molar-refractivity contribution in [3.63, 3.8) is 0 Å². The largest absolute Gasteiger partial charge is 0.506 e. The third-order valence-electron chi connectivity index (χ3n) is 6.61. The molecule has 31 heavy (non-hydrogen) atoms. The van der Waals surface area contributed by atoms with Crippen LogP contribution in [-0.4, -0.2) is 32.9 Å². The molecule has 1 spiro atoms. The first-order valence-electron chi connectivity index (χ1n) is 10.5. The first kappa shape index (κ1) is 19.4. The molecule has 1 aromatic heterocycles. The van der Waals surface area contributed by atoms with Crippen molar-refractivity contribution < 1.29 is 14.6 Å². The number of carbonyl (C=O) groups is 1. The normalized spacial score (nSPS) is 25.7. The Bertz CT molecular complexity index is 1210. The van der Waals surface area contributed by atoms with E-state index in [1.807, 2.05) is 18.5 Å². The first-order valence-corrected chi connectivity index (χ1v) is 10.5. The summed E-state index contributed by atoms with van der Waals surface area (Å²) in [5.74, 6) is 0.0771. The lowest BCUT2D eigenvalue weighted by atomic mass is 9.68. The summed E-state index contributed by atoms with van der Waals surface area (Å²) >= 11 is 0. The minimum absolute atomic E-state index is 0.0771. The SMILES string of the molecule is C[C@]1(Cn2cnc3ccc(C#N)cc32)CCC[C@@]2(CN(c3ccccc3O)C(=O)O2)C1. The fraction of sp³-hybridized carbons (Fsp3) is 0.375. The van der Waals surface area contributed by atoms with Crippen molar-refractivity contribution >= 4 is 22.8 Å². The van der Waals surface area contributed by atoms with Gasteiger partial charge in [0.25, 0.3) is 0 Å². The molecule has 0 bridgehead atoms. The second-order valence-electron chi connectivity index (χ2n) is 9.15. The highest BCUT2D eigenvalue weighted by molar-refractivity contribution is 5.92. The molecule has 2 aromatic carbocycles. The lowest BCUT2D eigenvalue weighted by molar-refractivity contribution is -0.0264. The van der Waals surface area contributed by atoms with Crippen molar-refractivity contribution in [2.75, 3.05) is 11.4 Å². The van der Waals surface area contributed by atoms with Crippen molar-refractivity contribution in [3.05, 3.63) is 54.4 Å². The zero-order chi connectivity index (χ0) is 21.6. The summed E-state index contributed by atoms with van der Waals surface area (Å²) in [5.41, 5.74) is 2.25. The van der Waals surface area contributed by atoms with Crippen LogP contribution in [0.1, 0.15) is 38.2 Å². The van der Waals surface area contributed by atoms with Crippen LogP contribution in [-0.2, 0) is 11.3 Å². The lowest BCUT2D eigenvalue weighted by Gasteiger charge is -2.43. The van der Waals surface area contributed by atoms with Crippen LogP contribution in [0.5, 0.6) is 5.75 Å². The summed E-state index contributed by atoms with van der Waals surface area (Å²) in [6.07, 6.45) is 4.93. The number of benzene rings is 2. The van der Waals surface area contributed by atoms with Crippen LogP contribution in [0.15, 0.2) is 48.8 Å². The minimum Gasteiger partial charge on any atom is -0.506 e. The van der Waals surface area contributed by atoms with Crippen LogP contribution in [0, 0.1) is 16.7 Å². The predicted molar refractivity (Wildman–Crippen MR) is 116 cm³/mol. The van der Waals surface area contributed by atoms with Crippen LogP contribution in [0.4, 0.5) is 10.5 Å². The number of aromatic nitrogens is 2. The van der Waals surface area contributed by atoms with Crippen LogP contribution < -0.4 is 4.90 Å². The Morgan fingerprint density at radius 3 is 2.90 bits per heavy atom. The zero-order valence-electron chi connectivity index (χ0n) is 17.4. The molecule has 7 nitrogen and oxygen atoms in total. The second-order valence-corrected chi connectivity index (χ2v) is 9.15. The Balaban J connectivity index is 1.41. The molecule has 5 rings (SSSR count). The molecule has 0 radical (unpaired) electrons. The van der Waals surface area contributed by atoms with Crippen LogP contribution in [0.3, 0.4) is 0 Å². The van der Waals surface area contributed by atoms with E-state index in [1.165, 1.54) is 0 Å². The fourth-order valence-corrected chi connectivity index (χ4v) is 5.31. The van der Waals surface area contributed by atoms with Gasteiger partial charge in [0.1, 0.15) is 11.4 Å². The summed E-state index contributed by atoms with van der Waals surface area (Å²) < 4.78 is 8.06. The molecule has 158 valence electrons. The van der Waals surface area contributed by atoms with Gasteiger partial charge in [-0.05, 0) is 61.4 Å². The van der Waals surface area contributed by atoms with Gasteiger partial charge in [-0.3, -0.25) is 4.90 Å². The van der Waals surface area contributed by atoms with E-state index in [-0.39, 0.29) is 11.2 Å². The smallest absolute Gasteiger partial charge is 0.415 e. The Morgan fingerprint density at radius 2 is 2.10 bits per heavy atom. The maximum absolute atomic E-state index is 12.7. The van der Waals surface area contributed by atoms with E-state index in [9.17, 15) is 15.2 Å². The van der Waals surface area contributed by atoms with Gasteiger partial charge in [-0.1, -0.05) is 19.1 Å². The summed E-state index contributed by atoms with van der Waals surface area (Å²) in [6, 6.07) is 14.6. The fourth-order valence-electron chi connectivity index (χ4n) is 5.31. The van der Waals surface area contributed by atoms with Crippen LogP contribution >= 0.6 is 0 Å². The van der Waals surface area contributed by atoms with E-state index in [1.54, 1.807) is 35.2 Å². The van der Waals surface area contributed by atoms with E-state index < -0.39 is 11.7 Å². The van der Waals surface area contributed by atoms with Gasteiger partial charge in [-0.2, -0.15) is 5.26 Å². The Morgan fingerprint density at radius 1 is 1.26 bits per heavy atom. The number of carbonyl (C=O) groups excluding carboxylic acids is 1. The number of phenolic OH excluding ortho intramolecular Hbond substituents is 1. The van der Waals surface area contributed by atoms with Gasteiger partial charge >= 0.3 is 6.09 Å². The Hall–Kier alpha value is -3.53. The zero-order valence-corrected chi connectivity index (χ0v) is 17.4. The number of hydrogen-bond donors (Lipinski definition) is 1. The standard InChI is InChI=1S/C24H24N4O3/c1-23(14-27-16-26-18-8-7-17(12-25)11-20(18)27)9-4-10-24(13-23)15-28(22(30)31-24)19-5-2-3-6-21(19)29/h2-3,5-8,11,16,29H,4,9-10,13-15H2,1H3/t23-,24-/m0/s1. The molecule has 7 heteroatoms. The number of nitriles is 1. The molecule has 2 atom stereocenters. The lowest BCUT2D eigenvalue weighted by Crippen LogP contribution is -2.45. The molecule has 1 saturated carbocycles. The van der Waals surface area contributed by atoms with Crippen LogP contribution in [0.2, 0.25) is 0 Å². The van der Waals surface area contributed by atoms with E-state index >= 15 is 0 Å². The highest BCUT2D eigenvalue weighted by Gasteiger charge is 2.52. The number of para-hydroxylation sites is 2. The van der Waals surface area contributed by atoms with Gasteiger partial charge in [0.15, 0.2) is 0 Å². The van der Waals surface area contributed by atoms with E-state index in [0.717, 1.165) is 43.3 Å². The van der Waals surface area contributed by atoms with Gasteiger partial charge in [-0.25, -0.2) is 9.78 Å². The van der Waals surface area contributed by atoms with Gasteiger partial charge in [0, 0.05) is 6.54 Å². The number of rotatable bonds is 3. The summed E-state index contributed by atoms with van der Waals surface area (Å²) in [5, 5.41) is 19.5. The quantitative estimate of drug-likeness (QED) is 0.674. The Labute approximate surface area is 180 Å². The van der Waals surface area contributed by atoms with E-state index in [4.69, 9.17) is 4.74 Å². The summed E-state index contributed by atoms with van der Waals surface area (Å²) in [6.45, 7) is 3.39. The number of phenols is 1. The average Bonchev–Trinajstić information content (AvgIpc) is 3.27. The molecule has 1 aliphatic carbocycles. The molecule has 1 saturated heterocycles. The van der Waals surface area contributed by atoms with Crippen LogP contribution in [0.25, 0.3) is 11.0 Å². The third-order valence-corrected chi connectivity index (χ3v) is 6.61. The molecule has 0 unspecified atom stereocenters. The molecule has 1 aliphatic heterocycles. The maximum Gasteiger partial charge on any atom is 0.415 e. The molecular formula is C24H24N4O3. The number of hydrogen-bond acceptors (Lipinski definition) is 5. The molecule has 2 heterocycles. The third kappa shape index (κ3) is 3.38. The predicted octanol–water partition coefficient (Wildman–Crippen LogP) is 4.59. The number of nitrogens with zero attached hydrogens (tertiary/aromatic N) is 4. The van der Waals surface area contributed by atoms with Crippen molar-refractivity contribution in [3.8, 4) is 11.8 Å². The average molecular weight is 416 g/mol. The number of imidazole rings is 1. The number of amides is 1. The van der Waals surface area contributed by atoms with E-state index in [0.29, 0.717) is 17.8 Å². The second kappa shape index (κ2) is 7.02. The molecule has 1 amide bonds. The van der Waals surface area contributed by atoms with Crippen molar-refractivity contribution in [2.24, 2.45) is 5.41 Å². The highest BCUT2D eigenvalue weighted by Crippen LogP contribution is 2.48. The van der Waals surface area contributed by atoms with Gasteiger partial charge < -0.3 is 14.4 Å². The highest BCUT2D eigenvalue weighted by atomic mass is 16.6. The van der Waals surface area contributed by atoms with E-state index in [2.05, 4.69) is 22.5 Å². The minimum atomic E-state index is -0.569. The van der Waals surface area contributed by atoms with Gasteiger partial charge in [0.2, 0.25) is 0 Å². The molecule has 3 aromatic rings. The molecule has 2 fully saturated rings. The van der Waals surface area contributed by atoms with Gasteiger partial charge in [0.05, 0.1) is 41.2 Å². The first-order chi connectivity index (χ1) is 14.9. The molecular weight excluding hydrogens is 392 g/mol. The molecule has 2 aliphatic rings. The number of fused-ring (bicyclic) bond motifs is 1. The molecule has 1 N–H and O–H groups in total. The number of anilines is 1. The van der Waals surface area contributed by atoms with Crippen molar-refractivity contribution in [1.82, 2.24) is 9.55 Å². The van der Waals surface area contributed by atoms with Crippen molar-refractivity contribution in [1.29, 1.82) is 5.26 Å². The van der Waals surface area contributed by atoms with Gasteiger partial charge in [-0.15, -0.1) is 0 Å². The summed E-state index contributed by atoms with van der Waals surface area (Å²) in [7, 11) is 0. The van der Waals surface area contributed by atoms with Crippen molar-refractivity contribution in [2.45, 2.75) is 44.8 Å². The number of aromatic hydroxyl groups is 1. The number of ether oxygens (including phenoxy) is 1.